The van der Waals surface area contributed by atoms with Gasteiger partial charge in [0.15, 0.2) is 5.78 Å². The van der Waals surface area contributed by atoms with Crippen molar-refractivity contribution in [2.24, 2.45) is 0 Å². The van der Waals surface area contributed by atoms with Gasteiger partial charge in [-0.2, -0.15) is 0 Å². The average molecular weight is 388 g/mol. The van der Waals surface area contributed by atoms with Crippen LogP contribution in [0.5, 0.6) is 0 Å². The Morgan fingerprint density at radius 3 is 2.48 bits per heavy atom. The van der Waals surface area contributed by atoms with E-state index in [1.165, 1.54) is 5.56 Å². The number of piperazine rings is 1. The highest BCUT2D eigenvalue weighted by atomic mass is 16.1. The van der Waals surface area contributed by atoms with Crippen molar-refractivity contribution in [1.82, 2.24) is 14.8 Å². The smallest absolute Gasteiger partial charge is 0.182 e. The quantitative estimate of drug-likeness (QED) is 0.638. The Morgan fingerprint density at radius 2 is 1.72 bits per heavy atom. The highest BCUT2D eigenvalue weighted by Gasteiger charge is 2.28. The van der Waals surface area contributed by atoms with Crippen molar-refractivity contribution in [1.29, 1.82) is 0 Å². The summed E-state index contributed by atoms with van der Waals surface area (Å²) in [5, 5.41) is 1.03. The molecule has 4 rings (SSSR count). The molecule has 1 unspecified atom stereocenters. The minimum Gasteiger partial charge on any atom is -0.358 e. The molecule has 1 fully saturated rings. The first kappa shape index (κ1) is 19.6. The van der Waals surface area contributed by atoms with E-state index in [0.717, 1.165) is 54.9 Å². The monoisotopic (exact) mass is 387 g/mol. The maximum atomic E-state index is 13.3. The van der Waals surface area contributed by atoms with E-state index in [1.54, 1.807) is 0 Å². The second-order valence-corrected chi connectivity index (χ2v) is 7.86. The van der Waals surface area contributed by atoms with Crippen molar-refractivity contribution >= 4 is 22.8 Å². The molecule has 4 heteroatoms. The number of Topliss-reactive ketones (excluding diaryl/α,β-unsaturated/α-hetero) is 1. The Bertz CT molecular complexity index is 997. The number of para-hydroxylation sites is 1. The molecule has 4 nitrogen and oxygen atoms in total. The van der Waals surface area contributed by atoms with E-state index >= 15 is 0 Å². The van der Waals surface area contributed by atoms with Crippen LogP contribution in [0.25, 0.3) is 17.0 Å². The lowest BCUT2D eigenvalue weighted by Gasteiger charge is -2.37. The number of nitrogens with one attached hydrogen (secondary N) is 1. The van der Waals surface area contributed by atoms with Gasteiger partial charge in [-0.1, -0.05) is 60.7 Å². The number of aryl methyl sites for hydroxylation is 1. The van der Waals surface area contributed by atoms with Gasteiger partial charge in [-0.05, 0) is 25.5 Å². The summed E-state index contributed by atoms with van der Waals surface area (Å²) in [4.78, 5) is 21.4. The molecule has 0 spiro atoms. The van der Waals surface area contributed by atoms with E-state index in [0.29, 0.717) is 0 Å². The topological polar surface area (TPSA) is 39.3 Å². The Labute approximate surface area is 172 Å². The number of aromatic amines is 1. The fourth-order valence-corrected chi connectivity index (χ4v) is 4.20. The minimum absolute atomic E-state index is 0.102. The summed E-state index contributed by atoms with van der Waals surface area (Å²) < 4.78 is 0. The van der Waals surface area contributed by atoms with Gasteiger partial charge in [0.25, 0.3) is 0 Å². The number of fused-ring (bicyclic) bond motifs is 1. The summed E-state index contributed by atoms with van der Waals surface area (Å²) in [5.41, 5.74) is 4.09. The van der Waals surface area contributed by atoms with E-state index in [9.17, 15) is 4.79 Å². The highest BCUT2D eigenvalue weighted by molar-refractivity contribution is 6.11. The van der Waals surface area contributed by atoms with Gasteiger partial charge in [-0.3, -0.25) is 14.6 Å². The maximum absolute atomic E-state index is 13.3. The molecule has 1 saturated heterocycles. The van der Waals surface area contributed by atoms with Crippen molar-refractivity contribution in [3.05, 3.63) is 77.5 Å². The molecule has 29 heavy (non-hydrogen) atoms. The van der Waals surface area contributed by atoms with Crippen LogP contribution in [0.1, 0.15) is 28.5 Å². The SMILES string of the molecule is Cc1[nH]c2ccccc2c1C(=O)C(C)N1CCN(CC=Cc2ccccc2)CC1. The maximum Gasteiger partial charge on any atom is 0.182 e. The number of hydrogen-bond acceptors (Lipinski definition) is 3. The lowest BCUT2D eigenvalue weighted by molar-refractivity contribution is 0.0720. The Hall–Kier alpha value is -2.69. The van der Waals surface area contributed by atoms with Gasteiger partial charge in [-0.15, -0.1) is 0 Å². The second kappa shape index (κ2) is 8.76. The summed E-state index contributed by atoms with van der Waals surface area (Å²) in [6.45, 7) is 8.83. The Balaban J connectivity index is 1.35. The molecule has 2 heterocycles. The molecule has 0 radical (unpaired) electrons. The molecule has 1 aromatic heterocycles. The third-order valence-corrected chi connectivity index (χ3v) is 5.95. The highest BCUT2D eigenvalue weighted by Crippen LogP contribution is 2.24. The molecule has 1 aliphatic rings. The number of carbonyl (C=O) groups is 1. The normalized spacial score (nSPS) is 17.2. The van der Waals surface area contributed by atoms with Crippen LogP contribution in [-0.2, 0) is 0 Å². The molecule has 0 saturated carbocycles. The fourth-order valence-electron chi connectivity index (χ4n) is 4.20. The minimum atomic E-state index is -0.102. The van der Waals surface area contributed by atoms with Crippen molar-refractivity contribution in [2.75, 3.05) is 32.7 Å². The summed E-state index contributed by atoms with van der Waals surface area (Å²) in [5.74, 6) is 0.220. The van der Waals surface area contributed by atoms with Crippen LogP contribution in [-0.4, -0.2) is 59.3 Å². The van der Waals surface area contributed by atoms with Crippen LogP contribution in [0.15, 0.2) is 60.7 Å². The van der Waals surface area contributed by atoms with Gasteiger partial charge in [0.05, 0.1) is 6.04 Å². The van der Waals surface area contributed by atoms with E-state index in [2.05, 4.69) is 58.1 Å². The zero-order valence-electron chi connectivity index (χ0n) is 17.3. The third-order valence-electron chi connectivity index (χ3n) is 5.95. The Morgan fingerprint density at radius 1 is 1.03 bits per heavy atom. The average Bonchev–Trinajstić information content (AvgIpc) is 3.09. The fraction of sp³-hybridized carbons (Fsp3) is 0.320. The van der Waals surface area contributed by atoms with Crippen molar-refractivity contribution in [3.8, 4) is 0 Å². The molecule has 3 aromatic rings. The van der Waals surface area contributed by atoms with E-state index in [4.69, 9.17) is 0 Å². The van der Waals surface area contributed by atoms with E-state index in [-0.39, 0.29) is 11.8 Å². The number of H-pyrrole nitrogens is 1. The molecule has 1 N–H and O–H groups in total. The summed E-state index contributed by atoms with van der Waals surface area (Å²) in [6.07, 6.45) is 4.41. The van der Waals surface area contributed by atoms with Crippen LogP contribution in [0.4, 0.5) is 0 Å². The predicted molar refractivity (Wildman–Crippen MR) is 120 cm³/mol. The van der Waals surface area contributed by atoms with Crippen LogP contribution < -0.4 is 0 Å². The number of benzene rings is 2. The summed E-state index contributed by atoms with van der Waals surface area (Å²) in [7, 11) is 0. The first-order chi connectivity index (χ1) is 14.1. The molecule has 150 valence electrons. The first-order valence-electron chi connectivity index (χ1n) is 10.4. The predicted octanol–water partition coefficient (Wildman–Crippen LogP) is 4.38. The third kappa shape index (κ3) is 4.34. The summed E-state index contributed by atoms with van der Waals surface area (Å²) in [6, 6.07) is 18.4. The largest absolute Gasteiger partial charge is 0.358 e. The first-order valence-corrected chi connectivity index (χ1v) is 10.4. The molecule has 2 aromatic carbocycles. The number of carbonyl (C=O) groups excluding carboxylic acids is 1. The van der Waals surface area contributed by atoms with Crippen molar-refractivity contribution < 1.29 is 4.79 Å². The number of hydrogen-bond donors (Lipinski definition) is 1. The van der Waals surface area contributed by atoms with Crippen LogP contribution in [0.2, 0.25) is 0 Å². The summed E-state index contributed by atoms with van der Waals surface area (Å²) >= 11 is 0. The zero-order valence-corrected chi connectivity index (χ0v) is 17.3. The Kier molecular flexibility index (Phi) is 5.93. The number of ketones is 1. The lowest BCUT2D eigenvalue weighted by Crippen LogP contribution is -2.51. The van der Waals surface area contributed by atoms with Crippen LogP contribution in [0, 0.1) is 6.92 Å². The van der Waals surface area contributed by atoms with Gasteiger partial charge in [-0.25, -0.2) is 0 Å². The second-order valence-electron chi connectivity index (χ2n) is 7.86. The molecular weight excluding hydrogens is 358 g/mol. The van der Waals surface area contributed by atoms with Gasteiger partial charge >= 0.3 is 0 Å². The van der Waals surface area contributed by atoms with Gasteiger partial charge in [0.1, 0.15) is 0 Å². The molecular formula is C25H29N3O. The molecule has 1 atom stereocenters. The molecule has 0 amide bonds. The number of aromatic nitrogens is 1. The van der Waals surface area contributed by atoms with E-state index in [1.807, 2.05) is 37.3 Å². The number of rotatable bonds is 6. The van der Waals surface area contributed by atoms with E-state index < -0.39 is 0 Å². The van der Waals surface area contributed by atoms with Gasteiger partial charge < -0.3 is 4.98 Å². The van der Waals surface area contributed by atoms with Crippen molar-refractivity contribution in [3.63, 3.8) is 0 Å². The van der Waals surface area contributed by atoms with Crippen molar-refractivity contribution in [2.45, 2.75) is 19.9 Å². The molecule has 0 bridgehead atoms. The molecule has 0 aliphatic carbocycles. The van der Waals surface area contributed by atoms with Gasteiger partial charge in [0.2, 0.25) is 0 Å². The standard InChI is InChI=1S/C25H29N3O/c1-19-24(22-12-6-7-13-23(22)26-19)25(29)20(2)28-17-15-27(16-18-28)14-8-11-21-9-4-3-5-10-21/h3-13,20,26H,14-18H2,1-2H3. The van der Waals surface area contributed by atoms with Gasteiger partial charge in [0, 0.05) is 54.9 Å². The van der Waals surface area contributed by atoms with Crippen LogP contribution >= 0.6 is 0 Å². The van der Waals surface area contributed by atoms with Crippen LogP contribution in [0.3, 0.4) is 0 Å². The number of nitrogens with zero attached hydrogens (tertiary/aromatic N) is 2. The zero-order chi connectivity index (χ0) is 20.2. The lowest BCUT2D eigenvalue weighted by atomic mass is 10.0. The molecule has 1 aliphatic heterocycles.